The smallest absolute Gasteiger partial charge is 0.217 e. The highest BCUT2D eigenvalue weighted by Gasteiger charge is 2.20. The number of imidazole rings is 1. The number of benzene rings is 1. The van der Waals surface area contributed by atoms with E-state index in [1.54, 1.807) is 6.20 Å². The van der Waals surface area contributed by atoms with Crippen LogP contribution in [0.4, 0.5) is 0 Å². The van der Waals surface area contributed by atoms with Crippen molar-refractivity contribution < 1.29 is 4.42 Å². The van der Waals surface area contributed by atoms with Crippen molar-refractivity contribution >= 4 is 45.2 Å². The van der Waals surface area contributed by atoms with Gasteiger partial charge in [-0.05, 0) is 54.6 Å². The molecule has 0 N–H and O–H groups in total. The lowest BCUT2D eigenvalue weighted by Gasteiger charge is -2.14. The first-order chi connectivity index (χ1) is 10.1. The van der Waals surface area contributed by atoms with E-state index >= 15 is 0 Å². The predicted molar refractivity (Wildman–Crippen MR) is 91.9 cm³/mol. The molecule has 1 atom stereocenters. The van der Waals surface area contributed by atoms with E-state index in [9.17, 15) is 0 Å². The first kappa shape index (κ1) is 14.8. The van der Waals surface area contributed by atoms with E-state index in [1.165, 1.54) is 3.57 Å². The average molecular weight is 416 g/mol. The van der Waals surface area contributed by atoms with Gasteiger partial charge in [-0.15, -0.1) is 11.6 Å². The molecule has 2 aromatic heterocycles. The zero-order valence-electron chi connectivity index (χ0n) is 11.8. The first-order valence-corrected chi connectivity index (χ1v) is 8.36. The van der Waals surface area contributed by atoms with Crippen LogP contribution >= 0.6 is 34.2 Å². The van der Waals surface area contributed by atoms with E-state index in [-0.39, 0.29) is 6.04 Å². The minimum absolute atomic E-state index is 0.0121. The molecule has 0 aliphatic rings. The molecule has 0 aliphatic heterocycles. The lowest BCUT2D eigenvalue weighted by molar-refractivity contribution is 0.414. The van der Waals surface area contributed by atoms with Crippen molar-refractivity contribution in [2.24, 2.45) is 0 Å². The number of rotatable bonds is 4. The average Bonchev–Trinajstić information content (AvgIpc) is 3.01. The van der Waals surface area contributed by atoms with Crippen molar-refractivity contribution in [2.75, 3.05) is 5.88 Å². The van der Waals surface area contributed by atoms with Gasteiger partial charge in [-0.3, -0.25) is 0 Å². The van der Waals surface area contributed by atoms with E-state index in [0.717, 1.165) is 29.0 Å². The molecule has 2 heterocycles. The Morgan fingerprint density at radius 2 is 2.24 bits per heavy atom. The molecule has 21 heavy (non-hydrogen) atoms. The maximum absolute atomic E-state index is 5.93. The summed E-state index contributed by atoms with van der Waals surface area (Å²) in [4.78, 5) is 9.07. The topological polar surface area (TPSA) is 43.9 Å². The van der Waals surface area contributed by atoms with Crippen molar-refractivity contribution in [1.82, 2.24) is 14.5 Å². The number of hydrogen-bond donors (Lipinski definition) is 0. The Bertz CT molecular complexity index is 780. The van der Waals surface area contributed by atoms with Gasteiger partial charge in [-0.2, -0.15) is 0 Å². The Hall–Kier alpha value is -1.08. The number of halogens is 2. The number of aryl methyl sites for hydroxylation is 2. The molecule has 0 saturated heterocycles. The predicted octanol–water partition coefficient (Wildman–Crippen LogP) is 4.33. The van der Waals surface area contributed by atoms with Crippen LogP contribution in [0.2, 0.25) is 0 Å². The van der Waals surface area contributed by atoms with Crippen LogP contribution in [-0.4, -0.2) is 20.4 Å². The Balaban J connectivity index is 2.16. The summed E-state index contributed by atoms with van der Waals surface area (Å²) in [6.07, 6.45) is 2.46. The monoisotopic (exact) mass is 415 g/mol. The number of fused-ring (bicyclic) bond motifs is 1. The second kappa shape index (κ2) is 5.96. The minimum atomic E-state index is -0.0121. The minimum Gasteiger partial charge on any atom is -0.444 e. The van der Waals surface area contributed by atoms with Crippen LogP contribution in [0.15, 0.2) is 28.8 Å². The number of alkyl halides is 1. The molecule has 6 heteroatoms. The molecule has 4 nitrogen and oxygen atoms in total. The van der Waals surface area contributed by atoms with Crippen LogP contribution < -0.4 is 0 Å². The summed E-state index contributed by atoms with van der Waals surface area (Å²) in [6, 6.07) is 6.24. The Morgan fingerprint density at radius 3 is 2.90 bits per heavy atom. The van der Waals surface area contributed by atoms with Gasteiger partial charge >= 0.3 is 0 Å². The fourth-order valence-electron chi connectivity index (χ4n) is 2.49. The van der Waals surface area contributed by atoms with Gasteiger partial charge in [-0.1, -0.05) is 0 Å². The largest absolute Gasteiger partial charge is 0.444 e. The Labute approximate surface area is 141 Å². The third kappa shape index (κ3) is 2.81. The van der Waals surface area contributed by atoms with E-state index in [1.807, 2.05) is 6.92 Å². The van der Waals surface area contributed by atoms with Gasteiger partial charge in [0.1, 0.15) is 17.6 Å². The molecular weight excluding hydrogens is 401 g/mol. The maximum atomic E-state index is 5.93. The lowest BCUT2D eigenvalue weighted by atomic mass is 10.2. The molecule has 1 aromatic carbocycles. The van der Waals surface area contributed by atoms with Crippen LogP contribution in [0.25, 0.3) is 11.0 Å². The highest BCUT2D eigenvalue weighted by molar-refractivity contribution is 14.1. The van der Waals surface area contributed by atoms with Crippen LogP contribution in [0.3, 0.4) is 0 Å². The highest BCUT2D eigenvalue weighted by atomic mass is 127. The van der Waals surface area contributed by atoms with Crippen LogP contribution in [0.1, 0.15) is 30.4 Å². The lowest BCUT2D eigenvalue weighted by Crippen LogP contribution is -2.11. The molecule has 3 rings (SSSR count). The quantitative estimate of drug-likeness (QED) is 0.471. The van der Waals surface area contributed by atoms with Crippen molar-refractivity contribution in [3.8, 4) is 0 Å². The zero-order valence-corrected chi connectivity index (χ0v) is 14.7. The van der Waals surface area contributed by atoms with Crippen LogP contribution in [0.5, 0.6) is 0 Å². The molecular formula is C15H15ClIN3O. The van der Waals surface area contributed by atoms with Crippen LogP contribution in [-0.2, 0) is 6.42 Å². The summed E-state index contributed by atoms with van der Waals surface area (Å²) >= 11 is 8.22. The number of aromatic nitrogens is 3. The molecule has 0 aliphatic carbocycles. The summed E-state index contributed by atoms with van der Waals surface area (Å²) in [6.45, 7) is 3.97. The molecule has 0 fully saturated rings. The standard InChI is InChI=1S/C15H15ClIN3O/c1-9-8-18-15(21-9)10(2)20-13-4-3-11(17)7-12(13)19-14(20)5-6-16/h3-4,7-8,10H,5-6H2,1-2H3. The van der Waals surface area contributed by atoms with Gasteiger partial charge in [0.15, 0.2) is 0 Å². The molecule has 0 amide bonds. The van der Waals surface area contributed by atoms with Gasteiger partial charge in [0, 0.05) is 15.9 Å². The first-order valence-electron chi connectivity index (χ1n) is 6.75. The molecule has 3 aromatic rings. The third-order valence-electron chi connectivity index (χ3n) is 3.43. The van der Waals surface area contributed by atoms with Gasteiger partial charge < -0.3 is 8.98 Å². The van der Waals surface area contributed by atoms with Gasteiger partial charge in [0.05, 0.1) is 17.2 Å². The van der Waals surface area contributed by atoms with Gasteiger partial charge in [0.25, 0.3) is 0 Å². The third-order valence-corrected chi connectivity index (χ3v) is 4.29. The number of hydrogen-bond acceptors (Lipinski definition) is 3. The second-order valence-electron chi connectivity index (χ2n) is 4.96. The van der Waals surface area contributed by atoms with Gasteiger partial charge in [-0.25, -0.2) is 9.97 Å². The Kier molecular flexibility index (Phi) is 4.21. The van der Waals surface area contributed by atoms with Crippen molar-refractivity contribution in [1.29, 1.82) is 0 Å². The van der Waals surface area contributed by atoms with Crippen molar-refractivity contribution in [3.63, 3.8) is 0 Å². The molecule has 0 spiro atoms. The fourth-order valence-corrected chi connectivity index (χ4v) is 3.13. The van der Waals surface area contributed by atoms with E-state index in [4.69, 9.17) is 21.0 Å². The van der Waals surface area contributed by atoms with Crippen molar-refractivity contribution in [2.45, 2.75) is 26.3 Å². The fraction of sp³-hybridized carbons (Fsp3) is 0.333. The van der Waals surface area contributed by atoms with E-state index in [0.29, 0.717) is 11.8 Å². The molecule has 0 bridgehead atoms. The summed E-state index contributed by atoms with van der Waals surface area (Å²) < 4.78 is 9.01. The summed E-state index contributed by atoms with van der Waals surface area (Å²) in [5.74, 6) is 3.01. The molecule has 1 unspecified atom stereocenters. The van der Waals surface area contributed by atoms with Crippen molar-refractivity contribution in [3.05, 3.63) is 45.4 Å². The normalized spacial score (nSPS) is 13.0. The Morgan fingerprint density at radius 1 is 1.43 bits per heavy atom. The second-order valence-corrected chi connectivity index (χ2v) is 6.58. The van der Waals surface area contributed by atoms with E-state index < -0.39 is 0 Å². The summed E-state index contributed by atoms with van der Waals surface area (Å²) in [5, 5.41) is 0. The summed E-state index contributed by atoms with van der Waals surface area (Å²) in [5.41, 5.74) is 2.07. The maximum Gasteiger partial charge on any atom is 0.217 e. The highest BCUT2D eigenvalue weighted by Crippen LogP contribution is 2.27. The van der Waals surface area contributed by atoms with Crippen LogP contribution in [0, 0.1) is 10.5 Å². The van der Waals surface area contributed by atoms with Gasteiger partial charge in [0.2, 0.25) is 5.89 Å². The zero-order chi connectivity index (χ0) is 15.0. The summed E-state index contributed by atoms with van der Waals surface area (Å²) in [7, 11) is 0. The number of oxazole rings is 1. The van der Waals surface area contributed by atoms with E-state index in [2.05, 4.69) is 57.3 Å². The molecule has 0 saturated carbocycles. The number of nitrogens with zero attached hydrogens (tertiary/aromatic N) is 3. The molecule has 0 radical (unpaired) electrons. The SMILES string of the molecule is Cc1cnc(C(C)n2c(CCCl)nc3cc(I)ccc32)o1. The molecule has 110 valence electrons.